The van der Waals surface area contributed by atoms with Gasteiger partial charge in [0.15, 0.2) is 0 Å². The van der Waals surface area contributed by atoms with Crippen molar-refractivity contribution < 1.29 is 0 Å². The average molecular weight is 327 g/mol. The Hall–Kier alpha value is 2.39. The second-order valence-electron chi connectivity index (χ2n) is 2.15. The van der Waals surface area contributed by atoms with E-state index < -0.39 is 21.5 Å². The highest BCUT2D eigenvalue weighted by Gasteiger charge is 2.44. The monoisotopic (exact) mass is 324 g/mol. The van der Waals surface area contributed by atoms with Crippen LogP contribution in [-0.2, 0) is 0 Å². The molecule has 0 saturated carbocycles. The van der Waals surface area contributed by atoms with Crippen molar-refractivity contribution in [2.75, 3.05) is 0 Å². The molecule has 0 nitrogen and oxygen atoms in total. The second-order valence-corrected chi connectivity index (χ2v) is 21.9. The molecule has 0 aliphatic carbocycles. The minimum absolute atomic E-state index is 0.155. The first-order chi connectivity index (χ1) is 4.76. The molecular formula is C2H6Cl6Si3. The third-order valence-electron chi connectivity index (χ3n) is 1.13. The molecule has 0 bridgehead atoms. The summed E-state index contributed by atoms with van der Waals surface area (Å²) in [5.74, 6) is 0. The van der Waals surface area contributed by atoms with E-state index in [0.29, 0.717) is 0 Å². The highest BCUT2D eigenvalue weighted by molar-refractivity contribution is 7.60. The normalized spacial score (nSPS) is 13.6. The van der Waals surface area contributed by atoms with E-state index in [4.69, 9.17) is 66.5 Å². The van der Waals surface area contributed by atoms with Gasteiger partial charge in [-0.05, 0) is 6.55 Å². The van der Waals surface area contributed by atoms with Gasteiger partial charge in [-0.15, -0.1) is 22.2 Å². The Morgan fingerprint density at radius 2 is 1.27 bits per heavy atom. The average Bonchev–Trinajstić information content (AvgIpc) is 1.54. The van der Waals surface area contributed by atoms with Gasteiger partial charge < -0.3 is 0 Å². The Morgan fingerprint density at radius 1 is 1.00 bits per heavy atom. The Balaban J connectivity index is 4.35. The minimum atomic E-state index is -2.37. The van der Waals surface area contributed by atoms with E-state index in [1.165, 1.54) is 0 Å². The molecule has 0 aromatic carbocycles. The topological polar surface area (TPSA) is 0 Å². The molecule has 68 valence electrons. The van der Waals surface area contributed by atoms with E-state index in [1.54, 1.807) is 6.55 Å². The molecule has 0 rings (SSSR count). The van der Waals surface area contributed by atoms with Crippen molar-refractivity contribution in [2.24, 2.45) is 0 Å². The van der Waals surface area contributed by atoms with Crippen LogP contribution >= 0.6 is 66.5 Å². The molecule has 11 heavy (non-hydrogen) atoms. The van der Waals surface area contributed by atoms with Gasteiger partial charge in [-0.3, -0.25) is 0 Å². The Bertz CT molecular complexity index is 111. The van der Waals surface area contributed by atoms with Crippen LogP contribution in [0.25, 0.3) is 0 Å². The van der Waals surface area contributed by atoms with Crippen molar-refractivity contribution >= 4 is 88.0 Å². The summed E-state index contributed by atoms with van der Waals surface area (Å²) < 4.78 is 0. The van der Waals surface area contributed by atoms with Crippen molar-refractivity contribution in [1.29, 1.82) is 0 Å². The lowest BCUT2D eigenvalue weighted by molar-refractivity contribution is 1.73. The van der Waals surface area contributed by atoms with Crippen LogP contribution in [0, 0.1) is 0 Å². The summed E-state index contributed by atoms with van der Waals surface area (Å²) in [6.07, 6.45) is 0. The third-order valence-corrected chi connectivity index (χ3v) is 24.5. The SMILES string of the molecule is C[Si](Cl)(Cl)C([SiH](Cl)Cl)[SiH](Cl)Cl. The van der Waals surface area contributed by atoms with Gasteiger partial charge in [0.1, 0.15) is 0 Å². The highest BCUT2D eigenvalue weighted by Crippen LogP contribution is 2.39. The maximum absolute atomic E-state index is 5.93. The van der Waals surface area contributed by atoms with Gasteiger partial charge >= 0.3 is 0 Å². The van der Waals surface area contributed by atoms with Crippen LogP contribution in [0.2, 0.25) is 11.3 Å². The summed E-state index contributed by atoms with van der Waals surface area (Å²) in [4.78, 5) is -0.155. The van der Waals surface area contributed by atoms with Crippen molar-refractivity contribution in [3.63, 3.8) is 0 Å². The molecule has 0 unspecified atom stereocenters. The fourth-order valence-electron chi connectivity index (χ4n) is 0.552. The van der Waals surface area contributed by atoms with E-state index >= 15 is 0 Å². The van der Waals surface area contributed by atoms with E-state index in [0.717, 1.165) is 0 Å². The van der Waals surface area contributed by atoms with Crippen molar-refractivity contribution in [3.05, 3.63) is 0 Å². The molecule has 0 fully saturated rings. The molecule has 0 spiro atoms. The van der Waals surface area contributed by atoms with Gasteiger partial charge in [-0.1, -0.05) is 0 Å². The lowest BCUT2D eigenvalue weighted by Crippen LogP contribution is -2.36. The molecular weight excluding hydrogens is 321 g/mol. The van der Waals surface area contributed by atoms with Gasteiger partial charge in [-0.25, -0.2) is 0 Å². The summed E-state index contributed by atoms with van der Waals surface area (Å²) in [5, 5.41) is 0. The minimum Gasteiger partial charge on any atom is -0.150 e. The molecule has 0 N–H and O–H groups in total. The van der Waals surface area contributed by atoms with Gasteiger partial charge in [0, 0.05) is 4.79 Å². The first-order valence-electron chi connectivity index (χ1n) is 2.71. The first-order valence-corrected chi connectivity index (χ1v) is 15.6. The molecule has 0 radical (unpaired) electrons. The van der Waals surface area contributed by atoms with Gasteiger partial charge in [-0.2, -0.15) is 44.3 Å². The van der Waals surface area contributed by atoms with Gasteiger partial charge in [0.25, 0.3) is 0 Å². The molecule has 9 heteroatoms. The predicted molar refractivity (Wildman–Crippen MR) is 64.8 cm³/mol. The van der Waals surface area contributed by atoms with Crippen LogP contribution in [0.4, 0.5) is 0 Å². The van der Waals surface area contributed by atoms with Crippen LogP contribution in [0.3, 0.4) is 0 Å². The molecule has 0 amide bonds. The summed E-state index contributed by atoms with van der Waals surface area (Å²) in [6, 6.07) is 0. The van der Waals surface area contributed by atoms with Crippen LogP contribution < -0.4 is 0 Å². The fraction of sp³-hybridized carbons (Fsp3) is 1.00. The van der Waals surface area contributed by atoms with E-state index in [2.05, 4.69) is 0 Å². The first kappa shape index (κ1) is 13.4. The highest BCUT2D eigenvalue weighted by atomic mass is 35.7. The number of rotatable bonds is 3. The van der Waals surface area contributed by atoms with Crippen molar-refractivity contribution in [2.45, 2.75) is 11.3 Å². The van der Waals surface area contributed by atoms with E-state index in [-0.39, 0.29) is 4.79 Å². The lowest BCUT2D eigenvalue weighted by atomic mass is 11.8. The molecule has 0 atom stereocenters. The Kier molecular flexibility index (Phi) is 6.47. The smallest absolute Gasteiger partial charge is 0.150 e. The van der Waals surface area contributed by atoms with Gasteiger partial charge in [0.2, 0.25) is 21.5 Å². The number of hydrogen-bond acceptors (Lipinski definition) is 0. The van der Waals surface area contributed by atoms with E-state index in [1.807, 2.05) is 0 Å². The number of halogens is 6. The molecule has 0 aliphatic heterocycles. The molecule has 0 saturated heterocycles. The zero-order valence-electron chi connectivity index (χ0n) is 5.50. The predicted octanol–water partition coefficient (Wildman–Crippen LogP) is 3.38. The maximum Gasteiger partial charge on any atom is 0.250 e. The Labute approximate surface area is 98.5 Å². The summed E-state index contributed by atoms with van der Waals surface area (Å²) >= 11 is 34.9. The third kappa shape index (κ3) is 4.98. The maximum atomic E-state index is 5.93. The van der Waals surface area contributed by atoms with Gasteiger partial charge in [0.05, 0.1) is 0 Å². The second kappa shape index (κ2) is 5.32. The van der Waals surface area contributed by atoms with Crippen LogP contribution in [0.1, 0.15) is 0 Å². The quantitative estimate of drug-likeness (QED) is 0.551. The summed E-state index contributed by atoms with van der Waals surface area (Å²) in [5.41, 5.74) is 0. The molecule has 0 aromatic rings. The standard InChI is InChI=1S/C2H6Cl6Si3/c1-11(7,8)2(9(3)4)10(5)6/h2,9-10H,1H3. The zero-order valence-corrected chi connectivity index (χ0v) is 13.3. The largest absolute Gasteiger partial charge is 0.250 e. The Morgan fingerprint density at radius 3 is 1.27 bits per heavy atom. The molecule has 0 aromatic heterocycles. The van der Waals surface area contributed by atoms with Crippen molar-refractivity contribution in [3.8, 4) is 0 Å². The summed E-state index contributed by atoms with van der Waals surface area (Å²) in [6.45, 7) is -0.626. The fourth-order valence-corrected chi connectivity index (χ4v) is 31.1. The van der Waals surface area contributed by atoms with Crippen LogP contribution in [0.15, 0.2) is 0 Å². The molecule has 0 heterocycles. The zero-order chi connectivity index (χ0) is 9.23. The van der Waals surface area contributed by atoms with Crippen LogP contribution in [0.5, 0.6) is 0 Å². The van der Waals surface area contributed by atoms with Crippen molar-refractivity contribution in [1.82, 2.24) is 0 Å². The van der Waals surface area contributed by atoms with Crippen LogP contribution in [-0.4, -0.2) is 21.5 Å². The molecule has 0 aliphatic rings. The number of hydrogen-bond donors (Lipinski definition) is 0. The van der Waals surface area contributed by atoms with E-state index in [9.17, 15) is 0 Å². The summed E-state index contributed by atoms with van der Waals surface area (Å²) in [7, 11) is -3.86. The lowest BCUT2D eigenvalue weighted by Gasteiger charge is -2.23.